The van der Waals surface area contributed by atoms with Gasteiger partial charge >= 0.3 is 0 Å². The van der Waals surface area contributed by atoms with E-state index in [4.69, 9.17) is 2.74 Å². The van der Waals surface area contributed by atoms with Crippen LogP contribution in [-0.2, 0) is 24.3 Å². The van der Waals surface area contributed by atoms with Gasteiger partial charge in [-0.2, -0.15) is 0 Å². The minimum Gasteiger partial charge on any atom is -0.201 e. The van der Waals surface area contributed by atoms with Gasteiger partial charge < -0.3 is 0 Å². The number of benzene rings is 1. The van der Waals surface area contributed by atoms with Crippen LogP contribution in [0.1, 0.15) is 87.3 Å². The Balaban J connectivity index is 2.89. The second kappa shape index (κ2) is 7.08. The highest BCUT2D eigenvalue weighted by Gasteiger charge is 2.27. The van der Waals surface area contributed by atoms with Crippen molar-refractivity contribution >= 4 is 0 Å². The largest absolute Gasteiger partial charge is 0.212 e. The van der Waals surface area contributed by atoms with Crippen LogP contribution in [0.15, 0.2) is 30.5 Å². The second-order valence-electron chi connectivity index (χ2n) is 11.0. The maximum absolute atomic E-state index is 9.02. The SMILES string of the molecule is [2H]C([2H])(c1cc(-c2cc(C(C)(C)C)ccc2C)[n+](C)cc1C(C)(C)C)C(C)(C)C. The molecule has 1 nitrogen and oxygen atoms in total. The van der Waals surface area contributed by atoms with Gasteiger partial charge in [0.2, 0.25) is 5.69 Å². The molecule has 0 saturated carbocycles. The fourth-order valence-electron chi connectivity index (χ4n) is 3.39. The van der Waals surface area contributed by atoms with Gasteiger partial charge in [-0.1, -0.05) is 74.4 Å². The molecule has 1 aromatic carbocycles. The van der Waals surface area contributed by atoms with Crippen molar-refractivity contribution in [3.05, 3.63) is 52.7 Å². The van der Waals surface area contributed by atoms with Crippen LogP contribution in [0.4, 0.5) is 0 Å². The lowest BCUT2D eigenvalue weighted by molar-refractivity contribution is -0.661. The lowest BCUT2D eigenvalue weighted by Crippen LogP contribution is -2.35. The second-order valence-corrected chi connectivity index (χ2v) is 11.0. The molecule has 148 valence electrons. The van der Waals surface area contributed by atoms with Crippen molar-refractivity contribution in [3.63, 3.8) is 0 Å². The Morgan fingerprint density at radius 2 is 1.48 bits per heavy atom. The molecule has 0 atom stereocenters. The molecule has 0 N–H and O–H groups in total. The number of aromatic nitrogens is 1. The molecule has 0 spiro atoms. The molecule has 2 rings (SSSR count). The van der Waals surface area contributed by atoms with E-state index in [0.29, 0.717) is 0 Å². The van der Waals surface area contributed by atoms with E-state index in [2.05, 4.69) is 90.5 Å². The van der Waals surface area contributed by atoms with Crippen LogP contribution in [0.2, 0.25) is 0 Å². The molecule has 0 amide bonds. The normalized spacial score (nSPS) is 14.8. The van der Waals surface area contributed by atoms with Gasteiger partial charge in [-0.25, -0.2) is 4.57 Å². The van der Waals surface area contributed by atoms with Gasteiger partial charge in [0.15, 0.2) is 6.20 Å². The number of hydrogen-bond acceptors (Lipinski definition) is 0. The first-order valence-electron chi connectivity index (χ1n) is 11.0. The molecule has 0 bridgehead atoms. The average molecular weight is 369 g/mol. The molecule has 27 heavy (non-hydrogen) atoms. The highest BCUT2D eigenvalue weighted by molar-refractivity contribution is 5.63. The Bertz CT molecular complexity index is 904. The molecule has 0 aliphatic rings. The first-order chi connectivity index (χ1) is 12.9. The van der Waals surface area contributed by atoms with Crippen LogP contribution >= 0.6 is 0 Å². The van der Waals surface area contributed by atoms with Gasteiger partial charge in [-0.05, 0) is 52.3 Å². The molecule has 0 radical (unpaired) electrons. The van der Waals surface area contributed by atoms with Crippen LogP contribution in [0.3, 0.4) is 0 Å². The van der Waals surface area contributed by atoms with E-state index in [1.165, 1.54) is 16.7 Å². The van der Waals surface area contributed by atoms with Gasteiger partial charge in [0, 0.05) is 19.9 Å². The predicted molar refractivity (Wildman–Crippen MR) is 118 cm³/mol. The molecule has 0 unspecified atom stereocenters. The molecular formula is C26H40N+. The Kier molecular flexibility index (Phi) is 4.91. The van der Waals surface area contributed by atoms with Crippen molar-refractivity contribution < 1.29 is 7.31 Å². The number of rotatable bonds is 2. The van der Waals surface area contributed by atoms with Crippen molar-refractivity contribution in [1.82, 2.24) is 0 Å². The number of nitrogens with zero attached hydrogens (tertiary/aromatic N) is 1. The van der Waals surface area contributed by atoms with Gasteiger partial charge in [0.1, 0.15) is 7.05 Å². The van der Waals surface area contributed by atoms with E-state index < -0.39 is 11.8 Å². The molecule has 1 heterocycles. The van der Waals surface area contributed by atoms with E-state index in [9.17, 15) is 0 Å². The molecule has 0 fully saturated rings. The fraction of sp³-hybridized carbons (Fsp3) is 0.577. The summed E-state index contributed by atoms with van der Waals surface area (Å²) in [6.07, 6.45) is 0.686. The Morgan fingerprint density at radius 3 is 1.96 bits per heavy atom. The minimum atomic E-state index is -1.45. The molecule has 0 aliphatic carbocycles. The average Bonchev–Trinajstić information content (AvgIpc) is 2.52. The molecular weight excluding hydrogens is 326 g/mol. The van der Waals surface area contributed by atoms with Gasteiger partial charge in [0.05, 0.1) is 0 Å². The lowest BCUT2D eigenvalue weighted by Gasteiger charge is -2.26. The quantitative estimate of drug-likeness (QED) is 0.521. The van der Waals surface area contributed by atoms with E-state index in [-0.39, 0.29) is 10.8 Å². The summed E-state index contributed by atoms with van der Waals surface area (Å²) < 4.78 is 20.2. The van der Waals surface area contributed by atoms with Crippen molar-refractivity contribution in [1.29, 1.82) is 0 Å². The number of pyridine rings is 1. The van der Waals surface area contributed by atoms with E-state index in [0.717, 1.165) is 16.8 Å². The highest BCUT2D eigenvalue weighted by atomic mass is 14.9. The third-order valence-corrected chi connectivity index (χ3v) is 4.97. The Hall–Kier alpha value is -1.63. The maximum Gasteiger partial charge on any atom is 0.212 e. The maximum atomic E-state index is 9.02. The van der Waals surface area contributed by atoms with Gasteiger partial charge in [-0.15, -0.1) is 0 Å². The topological polar surface area (TPSA) is 3.88 Å². The van der Waals surface area contributed by atoms with Crippen LogP contribution in [-0.4, -0.2) is 0 Å². The smallest absolute Gasteiger partial charge is 0.201 e. The lowest BCUT2D eigenvalue weighted by atomic mass is 9.78. The fourth-order valence-corrected chi connectivity index (χ4v) is 3.39. The summed E-state index contributed by atoms with van der Waals surface area (Å²) in [5.41, 5.74) is 6.00. The summed E-state index contributed by atoms with van der Waals surface area (Å²) in [6.45, 7) is 21.3. The summed E-state index contributed by atoms with van der Waals surface area (Å²) in [5.74, 6) is 0. The zero-order valence-electron chi connectivity index (χ0n) is 21.3. The van der Waals surface area contributed by atoms with Crippen LogP contribution < -0.4 is 4.57 Å². The highest BCUT2D eigenvalue weighted by Crippen LogP contribution is 2.34. The summed E-state index contributed by atoms with van der Waals surface area (Å²) in [5, 5.41) is 0. The molecule has 2 aromatic rings. The van der Waals surface area contributed by atoms with E-state index >= 15 is 0 Å². The Morgan fingerprint density at radius 1 is 0.889 bits per heavy atom. The summed E-state index contributed by atoms with van der Waals surface area (Å²) >= 11 is 0. The number of hydrogen-bond donors (Lipinski definition) is 0. The van der Waals surface area contributed by atoms with Crippen LogP contribution in [0, 0.1) is 12.3 Å². The molecule has 1 heteroatoms. The summed E-state index contributed by atoms with van der Waals surface area (Å²) in [7, 11) is 2.07. The zero-order valence-corrected chi connectivity index (χ0v) is 19.3. The number of aryl methyl sites for hydroxylation is 2. The zero-order chi connectivity index (χ0) is 22.6. The molecule has 1 aromatic heterocycles. The van der Waals surface area contributed by atoms with Crippen LogP contribution in [0.25, 0.3) is 11.3 Å². The predicted octanol–water partition coefficient (Wildman–Crippen LogP) is 6.67. The van der Waals surface area contributed by atoms with Crippen molar-refractivity contribution in [2.75, 3.05) is 0 Å². The van der Waals surface area contributed by atoms with Gasteiger partial charge in [-0.3, -0.25) is 0 Å². The van der Waals surface area contributed by atoms with Gasteiger partial charge in [0.25, 0.3) is 0 Å². The van der Waals surface area contributed by atoms with Crippen molar-refractivity contribution in [3.8, 4) is 11.3 Å². The van der Waals surface area contributed by atoms with Crippen LogP contribution in [0.5, 0.6) is 0 Å². The van der Waals surface area contributed by atoms with E-state index in [1.54, 1.807) is 0 Å². The molecule has 0 aliphatic heterocycles. The standard InChI is InChI=1S/C26H40N/c1-18-12-13-20(25(5,6)7)15-21(18)23-14-19(16-24(2,3)4)22(17-27(23)11)26(8,9)10/h12-15,17H,16H2,1-11H3/q+1/i16D2. The minimum absolute atomic E-state index is 0.0647. The third-order valence-electron chi connectivity index (χ3n) is 4.97. The van der Waals surface area contributed by atoms with Crippen molar-refractivity contribution in [2.24, 2.45) is 12.5 Å². The van der Waals surface area contributed by atoms with Crippen molar-refractivity contribution in [2.45, 2.75) is 86.4 Å². The third kappa shape index (κ3) is 5.21. The summed E-state index contributed by atoms with van der Waals surface area (Å²) in [4.78, 5) is 0. The first-order valence-corrected chi connectivity index (χ1v) is 10.0. The summed E-state index contributed by atoms with van der Waals surface area (Å²) in [6, 6.07) is 8.77. The Labute approximate surface area is 170 Å². The molecule has 0 saturated heterocycles. The monoisotopic (exact) mass is 368 g/mol. The van der Waals surface area contributed by atoms with E-state index in [1.807, 2.05) is 20.8 Å². The first kappa shape index (κ1) is 18.7.